The maximum absolute atomic E-state index is 13.6. The van der Waals surface area contributed by atoms with E-state index in [4.69, 9.17) is 4.74 Å². The third-order valence-electron chi connectivity index (χ3n) is 7.03. The summed E-state index contributed by atoms with van der Waals surface area (Å²) < 4.78 is 35.6. The number of carbonyl (C=O) groups is 1. The zero-order chi connectivity index (χ0) is 26.0. The Bertz CT molecular complexity index is 1180. The van der Waals surface area contributed by atoms with Crippen LogP contribution in [-0.4, -0.2) is 74.7 Å². The second-order valence-electron chi connectivity index (χ2n) is 10.4. The van der Waals surface area contributed by atoms with Gasteiger partial charge < -0.3 is 19.6 Å². The molecule has 0 unspecified atom stereocenters. The van der Waals surface area contributed by atoms with Gasteiger partial charge in [-0.2, -0.15) is 0 Å². The fourth-order valence-corrected chi connectivity index (χ4v) is 5.65. The topological polar surface area (TPSA) is 99.2 Å². The SMILES string of the molecule is Cc1ccc(S(=O)(=O)Nc2cccc3c2O[C@H](CN(C)CC2CC2)[C@H](C)CN([C@H](C)CO)C3=O)cc1. The highest BCUT2D eigenvalue weighted by Crippen LogP contribution is 2.36. The van der Waals surface area contributed by atoms with Gasteiger partial charge in [0.2, 0.25) is 0 Å². The number of rotatable bonds is 9. The lowest BCUT2D eigenvalue weighted by atomic mass is 9.99. The molecule has 2 aromatic carbocycles. The predicted octanol–water partition coefficient (Wildman–Crippen LogP) is 3.36. The Hall–Kier alpha value is -2.62. The van der Waals surface area contributed by atoms with Crippen molar-refractivity contribution in [3.05, 3.63) is 53.6 Å². The van der Waals surface area contributed by atoms with Crippen LogP contribution in [0.25, 0.3) is 0 Å². The maximum Gasteiger partial charge on any atom is 0.262 e. The highest BCUT2D eigenvalue weighted by atomic mass is 32.2. The number of nitrogens with zero attached hydrogens (tertiary/aromatic N) is 2. The van der Waals surface area contributed by atoms with Gasteiger partial charge in [-0.15, -0.1) is 0 Å². The summed E-state index contributed by atoms with van der Waals surface area (Å²) in [5.41, 5.74) is 1.46. The molecule has 36 heavy (non-hydrogen) atoms. The molecular formula is C27H37N3O5S. The third kappa shape index (κ3) is 6.02. The lowest BCUT2D eigenvalue weighted by Gasteiger charge is -2.38. The van der Waals surface area contributed by atoms with Gasteiger partial charge in [-0.1, -0.05) is 30.7 Å². The quantitative estimate of drug-likeness (QED) is 0.531. The number of aliphatic hydroxyl groups is 1. The molecule has 2 aliphatic rings. The zero-order valence-corrected chi connectivity index (χ0v) is 22.3. The van der Waals surface area contributed by atoms with Crippen molar-refractivity contribution in [2.24, 2.45) is 11.8 Å². The van der Waals surface area contributed by atoms with Crippen LogP contribution in [0.3, 0.4) is 0 Å². The number of nitrogens with one attached hydrogen (secondary N) is 1. The van der Waals surface area contributed by atoms with Gasteiger partial charge in [0.15, 0.2) is 5.75 Å². The highest BCUT2D eigenvalue weighted by Gasteiger charge is 2.35. The number of hydrogen-bond acceptors (Lipinski definition) is 6. The van der Waals surface area contributed by atoms with Crippen LogP contribution >= 0.6 is 0 Å². The number of aliphatic hydroxyl groups excluding tert-OH is 1. The number of aryl methyl sites for hydroxylation is 1. The first-order valence-electron chi connectivity index (χ1n) is 12.6. The third-order valence-corrected chi connectivity index (χ3v) is 8.41. The smallest absolute Gasteiger partial charge is 0.262 e. The minimum atomic E-state index is -3.90. The van der Waals surface area contributed by atoms with Crippen molar-refractivity contribution < 1.29 is 23.1 Å². The van der Waals surface area contributed by atoms with Gasteiger partial charge in [-0.05, 0) is 63.9 Å². The molecule has 2 aromatic rings. The van der Waals surface area contributed by atoms with Gasteiger partial charge >= 0.3 is 0 Å². The molecule has 9 heteroatoms. The lowest BCUT2D eigenvalue weighted by Crippen LogP contribution is -2.50. The molecule has 1 saturated carbocycles. The van der Waals surface area contributed by atoms with Crippen LogP contribution < -0.4 is 9.46 Å². The maximum atomic E-state index is 13.6. The number of benzene rings is 2. The monoisotopic (exact) mass is 515 g/mol. The van der Waals surface area contributed by atoms with E-state index in [2.05, 4.69) is 16.7 Å². The van der Waals surface area contributed by atoms with Crippen LogP contribution in [-0.2, 0) is 10.0 Å². The Morgan fingerprint density at radius 2 is 1.86 bits per heavy atom. The van der Waals surface area contributed by atoms with E-state index in [0.29, 0.717) is 13.1 Å². The fourth-order valence-electron chi connectivity index (χ4n) is 4.59. The number of carbonyl (C=O) groups excluding carboxylic acids is 1. The number of hydrogen-bond donors (Lipinski definition) is 2. The highest BCUT2D eigenvalue weighted by molar-refractivity contribution is 7.92. The Morgan fingerprint density at radius 1 is 1.17 bits per heavy atom. The van der Waals surface area contributed by atoms with Gasteiger partial charge in [0.25, 0.3) is 15.9 Å². The number of anilines is 1. The van der Waals surface area contributed by atoms with Gasteiger partial charge in [0.1, 0.15) is 6.10 Å². The van der Waals surface area contributed by atoms with E-state index in [0.717, 1.165) is 18.0 Å². The Labute approximate surface area is 214 Å². The van der Waals surface area contributed by atoms with Gasteiger partial charge in [-0.25, -0.2) is 8.42 Å². The van der Waals surface area contributed by atoms with E-state index in [1.165, 1.54) is 12.8 Å². The summed E-state index contributed by atoms with van der Waals surface area (Å²) in [4.78, 5) is 17.6. The number of amides is 1. The van der Waals surface area contributed by atoms with E-state index in [1.54, 1.807) is 47.4 Å². The van der Waals surface area contributed by atoms with Crippen LogP contribution in [0.5, 0.6) is 5.75 Å². The lowest BCUT2D eigenvalue weighted by molar-refractivity contribution is 0.0346. The summed E-state index contributed by atoms with van der Waals surface area (Å²) in [5.74, 6) is 0.610. The summed E-state index contributed by atoms with van der Waals surface area (Å²) in [6, 6.07) is 11.1. The van der Waals surface area contributed by atoms with Gasteiger partial charge in [-0.3, -0.25) is 9.52 Å². The van der Waals surface area contributed by atoms with E-state index in [1.807, 2.05) is 20.8 Å². The van der Waals surface area contributed by atoms with Crippen LogP contribution in [0.4, 0.5) is 5.69 Å². The molecule has 1 amide bonds. The Kier molecular flexibility index (Phi) is 7.92. The number of likely N-dealkylation sites (N-methyl/N-ethyl adjacent to an activating group) is 1. The van der Waals surface area contributed by atoms with Crippen molar-refractivity contribution in [1.29, 1.82) is 0 Å². The minimum absolute atomic E-state index is 0.0421. The molecule has 3 atom stereocenters. The molecule has 0 aromatic heterocycles. The molecule has 1 aliphatic carbocycles. The second kappa shape index (κ2) is 10.8. The molecule has 0 bridgehead atoms. The average molecular weight is 516 g/mol. The summed E-state index contributed by atoms with van der Waals surface area (Å²) >= 11 is 0. The largest absolute Gasteiger partial charge is 0.486 e. The molecule has 4 rings (SSSR count). The average Bonchev–Trinajstić information content (AvgIpc) is 3.65. The number of sulfonamides is 1. The van der Waals surface area contributed by atoms with Crippen molar-refractivity contribution >= 4 is 21.6 Å². The molecule has 196 valence electrons. The molecular weight excluding hydrogens is 478 g/mol. The Balaban J connectivity index is 1.72. The van der Waals surface area contributed by atoms with E-state index >= 15 is 0 Å². The van der Waals surface area contributed by atoms with Crippen molar-refractivity contribution in [3.8, 4) is 5.75 Å². The minimum Gasteiger partial charge on any atom is -0.486 e. The van der Waals surface area contributed by atoms with Crippen molar-refractivity contribution in [1.82, 2.24) is 9.80 Å². The normalized spacial score (nSPS) is 21.4. The fraction of sp³-hybridized carbons (Fsp3) is 0.519. The van der Waals surface area contributed by atoms with Crippen molar-refractivity contribution in [3.63, 3.8) is 0 Å². The molecule has 1 fully saturated rings. The molecule has 0 radical (unpaired) electrons. The molecule has 1 aliphatic heterocycles. The summed E-state index contributed by atoms with van der Waals surface area (Å²) in [7, 11) is -1.83. The zero-order valence-electron chi connectivity index (χ0n) is 21.5. The molecule has 8 nitrogen and oxygen atoms in total. The van der Waals surface area contributed by atoms with Crippen molar-refractivity contribution in [2.45, 2.75) is 50.7 Å². The van der Waals surface area contributed by atoms with Crippen LogP contribution in [0.2, 0.25) is 0 Å². The number of para-hydroxylation sites is 1. The second-order valence-corrected chi connectivity index (χ2v) is 12.1. The predicted molar refractivity (Wildman–Crippen MR) is 140 cm³/mol. The Morgan fingerprint density at radius 3 is 2.50 bits per heavy atom. The van der Waals surface area contributed by atoms with Gasteiger partial charge in [0, 0.05) is 25.6 Å². The first kappa shape index (κ1) is 26.4. The molecule has 0 saturated heterocycles. The number of ether oxygens (including phenoxy) is 1. The molecule has 0 spiro atoms. The first-order chi connectivity index (χ1) is 17.1. The van der Waals surface area contributed by atoms with Gasteiger partial charge in [0.05, 0.1) is 28.8 Å². The van der Waals surface area contributed by atoms with E-state index < -0.39 is 10.0 Å². The van der Waals surface area contributed by atoms with E-state index in [9.17, 15) is 18.3 Å². The standard InChI is InChI=1S/C27H37N3O5S/c1-18-8-12-22(13-9-18)36(33,34)28-24-7-5-6-23-26(24)35-25(16-29(4)15-21-10-11-21)19(2)14-30(27(23)32)20(3)17-31/h5-9,12-13,19-21,25,28,31H,10-11,14-17H2,1-4H3/t19-,20-,25-/m1/s1. The summed E-state index contributed by atoms with van der Waals surface area (Å²) in [5, 5.41) is 9.85. The van der Waals surface area contributed by atoms with Crippen molar-refractivity contribution in [2.75, 3.05) is 38.0 Å². The van der Waals surface area contributed by atoms with E-state index in [-0.39, 0.29) is 52.5 Å². The first-order valence-corrected chi connectivity index (χ1v) is 14.1. The number of fused-ring (bicyclic) bond motifs is 1. The molecule has 1 heterocycles. The summed E-state index contributed by atoms with van der Waals surface area (Å²) in [6.07, 6.45) is 2.21. The van der Waals surface area contributed by atoms with Crippen LogP contribution in [0.1, 0.15) is 42.6 Å². The van der Waals surface area contributed by atoms with Crippen LogP contribution in [0, 0.1) is 18.8 Å². The summed E-state index contributed by atoms with van der Waals surface area (Å²) in [6.45, 7) is 7.63. The van der Waals surface area contributed by atoms with Crippen LogP contribution in [0.15, 0.2) is 47.4 Å². The molecule has 2 N–H and O–H groups in total.